The number of aromatic nitrogens is 8. The predicted molar refractivity (Wildman–Crippen MR) is 457 cm³/mol. The first kappa shape index (κ1) is 65.1. The number of nitrogens with zero attached hydrogens (tertiary/aromatic N) is 8. The Labute approximate surface area is 643 Å². The maximum absolute atomic E-state index is 6.51. The lowest BCUT2D eigenvalue weighted by atomic mass is 9.96. The van der Waals surface area contributed by atoms with Gasteiger partial charge in [0.15, 0.2) is 34.9 Å². The van der Waals surface area contributed by atoms with Crippen molar-refractivity contribution in [3.8, 4) is 124 Å². The summed E-state index contributed by atoms with van der Waals surface area (Å²) in [5, 5.41) is 9.18. The molecule has 0 spiro atoms. The highest BCUT2D eigenvalue weighted by Gasteiger charge is 2.24. The number of rotatable bonds is 12. The summed E-state index contributed by atoms with van der Waals surface area (Å²) in [6.07, 6.45) is 0. The van der Waals surface area contributed by atoms with E-state index in [9.17, 15) is 0 Å². The number of furan rings is 2. The molecule has 10 heteroatoms. The summed E-state index contributed by atoms with van der Waals surface area (Å²) >= 11 is 0. The van der Waals surface area contributed by atoms with Gasteiger partial charge in [-0.3, -0.25) is 0 Å². The molecule has 0 bridgehead atoms. The van der Waals surface area contributed by atoms with Crippen molar-refractivity contribution < 1.29 is 8.83 Å². The molecule has 0 aliphatic heterocycles. The van der Waals surface area contributed by atoms with Crippen molar-refractivity contribution in [2.45, 2.75) is 0 Å². The van der Waals surface area contributed by atoms with E-state index in [2.05, 4.69) is 252 Å². The SMILES string of the molecule is c1ccc(-c2nc(-c3ccccc3)nc(-c3cccc(-c4cccc5c4c4cc(-c6ccc7oc8ccccc8c7c6)ccc4n5-c4ccccc4)c3)n2)cc1.c1ccc(-c2nc(-c3ccccc3)nc(-c3cccc(-c4cccc5c4c4cc(-c6cccc7c6oc6ccccc67)ccc4n5-c4ccccc4)c3)n2)cc1. The second kappa shape index (κ2) is 27.5. The normalized spacial score (nSPS) is 11.6. The number of hydrogen-bond donors (Lipinski definition) is 0. The Morgan fingerprint density at radius 2 is 0.491 bits per heavy atom. The summed E-state index contributed by atoms with van der Waals surface area (Å²) in [4.78, 5) is 30.0. The second-order valence-electron chi connectivity index (χ2n) is 28.0. The zero-order chi connectivity index (χ0) is 74.0. The van der Waals surface area contributed by atoms with Crippen LogP contribution in [0.2, 0.25) is 0 Å². The van der Waals surface area contributed by atoms with E-state index in [4.69, 9.17) is 38.7 Å². The summed E-state index contributed by atoms with van der Waals surface area (Å²) < 4.78 is 17.4. The summed E-state index contributed by atoms with van der Waals surface area (Å²) in [6.45, 7) is 0. The summed E-state index contributed by atoms with van der Waals surface area (Å²) in [7, 11) is 0. The Balaban J connectivity index is 0.000000141. The van der Waals surface area contributed by atoms with E-state index in [1.165, 1.54) is 16.2 Å². The fourth-order valence-electron chi connectivity index (χ4n) is 16.1. The van der Waals surface area contributed by atoms with Crippen molar-refractivity contribution in [2.75, 3.05) is 0 Å². The van der Waals surface area contributed by atoms with Crippen LogP contribution in [0.3, 0.4) is 0 Å². The molecule has 524 valence electrons. The molecule has 10 nitrogen and oxygen atoms in total. The first-order chi connectivity index (χ1) is 55.5. The average Bonchev–Trinajstić information content (AvgIpc) is 1.58. The number of hydrogen-bond acceptors (Lipinski definition) is 8. The Morgan fingerprint density at radius 1 is 0.179 bits per heavy atom. The summed E-state index contributed by atoms with van der Waals surface area (Å²) in [5.41, 5.74) is 24.8. The maximum atomic E-state index is 6.51. The van der Waals surface area contributed by atoms with Crippen molar-refractivity contribution in [1.29, 1.82) is 0 Å². The minimum Gasteiger partial charge on any atom is -0.456 e. The van der Waals surface area contributed by atoms with Gasteiger partial charge in [-0.25, -0.2) is 29.9 Å². The third-order valence-corrected chi connectivity index (χ3v) is 21.3. The van der Waals surface area contributed by atoms with Crippen molar-refractivity contribution in [3.63, 3.8) is 0 Å². The van der Waals surface area contributed by atoms with E-state index < -0.39 is 0 Å². The molecule has 0 aliphatic rings. The molecule has 22 aromatic rings. The van der Waals surface area contributed by atoms with Crippen LogP contribution in [0.4, 0.5) is 0 Å². The first-order valence-electron chi connectivity index (χ1n) is 37.5. The van der Waals surface area contributed by atoms with Gasteiger partial charge < -0.3 is 18.0 Å². The van der Waals surface area contributed by atoms with Crippen molar-refractivity contribution >= 4 is 87.5 Å². The van der Waals surface area contributed by atoms with Crippen LogP contribution in [0.15, 0.2) is 397 Å². The molecular formula is C102H64N8O2. The molecule has 112 heavy (non-hydrogen) atoms. The lowest BCUT2D eigenvalue weighted by Crippen LogP contribution is -2.00. The molecule has 0 aliphatic carbocycles. The molecule has 0 N–H and O–H groups in total. The van der Waals surface area contributed by atoms with E-state index in [-0.39, 0.29) is 0 Å². The van der Waals surface area contributed by atoms with Gasteiger partial charge >= 0.3 is 0 Å². The zero-order valence-corrected chi connectivity index (χ0v) is 60.3. The van der Waals surface area contributed by atoms with Crippen molar-refractivity contribution in [1.82, 2.24) is 39.0 Å². The molecule has 0 fully saturated rings. The molecule has 6 heterocycles. The standard InChI is InChI=1S/2C51H32N4O/c1-4-15-33(16-5-1)49-52-50(34-17-6-2-7-18-34)54-51(53-49)37-20-12-19-35(31-37)39-24-14-27-45-47(39)43-32-36(29-30-44(43)55(45)38-21-8-3-9-22-38)40-25-13-26-42-41-23-10-11-28-46(41)56-48(40)42;1-4-14-33(15-5-1)49-52-50(34-16-6-2-7-17-34)54-51(53-49)38-19-12-18-37(30-38)40-23-13-24-45-48(40)43-32-35(26-28-44(43)55(45)39-20-8-3-9-21-39)36-27-29-47-42(31-36)41-22-10-11-25-46(41)56-47/h2*1-32H. The van der Waals surface area contributed by atoms with Crippen LogP contribution >= 0.6 is 0 Å². The van der Waals surface area contributed by atoms with Gasteiger partial charge in [-0.1, -0.05) is 291 Å². The van der Waals surface area contributed by atoms with Crippen LogP contribution in [0, 0.1) is 0 Å². The fraction of sp³-hybridized carbons (Fsp3) is 0. The van der Waals surface area contributed by atoms with Crippen LogP contribution in [0.1, 0.15) is 0 Å². The highest BCUT2D eigenvalue weighted by molar-refractivity contribution is 6.19. The van der Waals surface area contributed by atoms with Crippen LogP contribution in [-0.2, 0) is 0 Å². The summed E-state index contributed by atoms with van der Waals surface area (Å²) in [6, 6.07) is 135. The second-order valence-corrected chi connectivity index (χ2v) is 28.0. The molecule has 0 saturated heterocycles. The molecule has 0 amide bonds. The van der Waals surface area contributed by atoms with E-state index in [0.717, 1.165) is 161 Å². The smallest absolute Gasteiger partial charge is 0.164 e. The molecule has 6 aromatic heterocycles. The van der Waals surface area contributed by atoms with Crippen molar-refractivity contribution in [3.05, 3.63) is 388 Å². The topological polar surface area (TPSA) is 113 Å². The van der Waals surface area contributed by atoms with Gasteiger partial charge in [-0.05, 0) is 136 Å². The Kier molecular flexibility index (Phi) is 16.0. The van der Waals surface area contributed by atoms with Gasteiger partial charge in [0, 0.05) is 93.4 Å². The highest BCUT2D eigenvalue weighted by Crippen LogP contribution is 2.46. The van der Waals surface area contributed by atoms with E-state index >= 15 is 0 Å². The molecular weight excluding hydrogens is 1370 g/mol. The van der Waals surface area contributed by atoms with Gasteiger partial charge in [0.1, 0.15) is 22.3 Å². The van der Waals surface area contributed by atoms with Gasteiger partial charge in [0.2, 0.25) is 0 Å². The maximum Gasteiger partial charge on any atom is 0.164 e. The Bertz CT molecular complexity index is 7230. The molecule has 0 radical (unpaired) electrons. The quantitative estimate of drug-likeness (QED) is 0.119. The van der Waals surface area contributed by atoms with E-state index in [1.807, 2.05) is 146 Å². The largest absolute Gasteiger partial charge is 0.456 e. The van der Waals surface area contributed by atoms with Gasteiger partial charge in [-0.15, -0.1) is 0 Å². The lowest BCUT2D eigenvalue weighted by Gasteiger charge is -2.11. The Morgan fingerprint density at radius 3 is 0.964 bits per heavy atom. The third kappa shape index (κ3) is 11.6. The lowest BCUT2D eigenvalue weighted by molar-refractivity contribution is 0.669. The average molecular weight is 1430 g/mol. The van der Waals surface area contributed by atoms with E-state index in [0.29, 0.717) is 34.9 Å². The van der Waals surface area contributed by atoms with Crippen LogP contribution < -0.4 is 0 Å². The third-order valence-electron chi connectivity index (χ3n) is 21.3. The van der Waals surface area contributed by atoms with Gasteiger partial charge in [0.05, 0.1) is 22.1 Å². The van der Waals surface area contributed by atoms with Gasteiger partial charge in [0.25, 0.3) is 0 Å². The molecule has 22 rings (SSSR count). The molecule has 16 aromatic carbocycles. The molecule has 0 unspecified atom stereocenters. The molecule has 0 saturated carbocycles. The van der Waals surface area contributed by atoms with Crippen LogP contribution in [-0.4, -0.2) is 39.0 Å². The monoisotopic (exact) mass is 1430 g/mol. The summed E-state index contributed by atoms with van der Waals surface area (Å²) in [5.74, 6) is 3.81. The Hall–Kier alpha value is -15.3. The van der Waals surface area contributed by atoms with Gasteiger partial charge in [-0.2, -0.15) is 0 Å². The first-order valence-corrected chi connectivity index (χ1v) is 37.5. The van der Waals surface area contributed by atoms with Crippen molar-refractivity contribution in [2.24, 2.45) is 0 Å². The number of benzene rings is 16. The zero-order valence-electron chi connectivity index (χ0n) is 60.3. The van der Waals surface area contributed by atoms with Crippen LogP contribution in [0.25, 0.3) is 212 Å². The highest BCUT2D eigenvalue weighted by atomic mass is 16.3. The van der Waals surface area contributed by atoms with E-state index in [1.54, 1.807) is 0 Å². The minimum atomic E-state index is 0.625. The number of para-hydroxylation sites is 5. The molecule has 0 atom stereocenters. The predicted octanol–water partition coefficient (Wildman–Crippen LogP) is 26.4. The number of fused-ring (bicyclic) bond motifs is 12. The minimum absolute atomic E-state index is 0.625. The fourth-order valence-corrected chi connectivity index (χ4v) is 16.1. The van der Waals surface area contributed by atoms with Crippen LogP contribution in [0.5, 0.6) is 0 Å².